The fraction of sp³-hybridized carbons (Fsp3) is 0.786. The minimum atomic E-state index is 0.364. The summed E-state index contributed by atoms with van der Waals surface area (Å²) < 4.78 is 0. The lowest BCUT2D eigenvalue weighted by Crippen LogP contribution is -2.41. The van der Waals surface area contributed by atoms with Gasteiger partial charge in [-0.2, -0.15) is 0 Å². The van der Waals surface area contributed by atoms with Gasteiger partial charge in [0.2, 0.25) is 0 Å². The number of allylic oxidation sites excluding steroid dienone is 2. The average Bonchev–Trinajstić information content (AvgIpc) is 2.65. The third kappa shape index (κ3) is 0.926. The Kier molecular flexibility index (Phi) is 1.76. The molecule has 2 fully saturated rings. The molecule has 3 rings (SSSR count). The minimum Gasteiger partial charge on any atom is -0.295 e. The van der Waals surface area contributed by atoms with Crippen molar-refractivity contribution in [1.29, 1.82) is 0 Å². The van der Waals surface area contributed by atoms with E-state index in [1.165, 1.54) is 37.7 Å². The molecule has 0 N–H and O–H groups in total. The molecule has 0 saturated heterocycles. The van der Waals surface area contributed by atoms with Gasteiger partial charge in [-0.25, -0.2) is 0 Å². The lowest BCUT2D eigenvalue weighted by Gasteiger charge is -2.46. The number of carbonyl (C=O) groups is 1. The van der Waals surface area contributed by atoms with Gasteiger partial charge in [-0.1, -0.05) is 18.9 Å². The third-order valence-corrected chi connectivity index (χ3v) is 5.75. The molecule has 0 aliphatic heterocycles. The highest BCUT2D eigenvalue weighted by Crippen LogP contribution is 2.71. The SMILES string of the molecule is CC1=CC(=O)CC23CCCC12CC[C@@H]3C. The Hall–Kier alpha value is -0.590. The molecule has 82 valence electrons. The quantitative estimate of drug-likeness (QED) is 0.590. The summed E-state index contributed by atoms with van der Waals surface area (Å²) in [5.41, 5.74) is 2.20. The summed E-state index contributed by atoms with van der Waals surface area (Å²) in [6.45, 7) is 4.58. The van der Waals surface area contributed by atoms with Crippen molar-refractivity contribution < 1.29 is 4.79 Å². The van der Waals surface area contributed by atoms with Gasteiger partial charge in [0.25, 0.3) is 0 Å². The Bertz CT molecular complexity index is 354. The van der Waals surface area contributed by atoms with Crippen LogP contribution in [0.1, 0.15) is 52.4 Å². The molecular weight excluding hydrogens is 184 g/mol. The van der Waals surface area contributed by atoms with Crippen molar-refractivity contribution >= 4 is 5.78 Å². The van der Waals surface area contributed by atoms with Gasteiger partial charge in [-0.15, -0.1) is 0 Å². The molecular formula is C14H20O. The van der Waals surface area contributed by atoms with Crippen molar-refractivity contribution in [2.45, 2.75) is 52.4 Å². The van der Waals surface area contributed by atoms with Crippen LogP contribution in [0.4, 0.5) is 0 Å². The van der Waals surface area contributed by atoms with Crippen molar-refractivity contribution in [3.63, 3.8) is 0 Å². The highest BCUT2D eigenvalue weighted by molar-refractivity contribution is 5.92. The monoisotopic (exact) mass is 204 g/mol. The summed E-state index contributed by atoms with van der Waals surface area (Å²) in [4.78, 5) is 11.8. The van der Waals surface area contributed by atoms with E-state index in [2.05, 4.69) is 13.8 Å². The second-order valence-electron chi connectivity index (χ2n) is 6.00. The van der Waals surface area contributed by atoms with Crippen molar-refractivity contribution in [2.24, 2.45) is 16.7 Å². The summed E-state index contributed by atoms with van der Waals surface area (Å²) in [7, 11) is 0. The van der Waals surface area contributed by atoms with Gasteiger partial charge < -0.3 is 0 Å². The number of ketones is 1. The molecule has 3 atom stereocenters. The van der Waals surface area contributed by atoms with E-state index in [1.807, 2.05) is 6.08 Å². The van der Waals surface area contributed by atoms with E-state index in [0.717, 1.165) is 12.3 Å². The van der Waals surface area contributed by atoms with Gasteiger partial charge in [-0.05, 0) is 55.4 Å². The summed E-state index contributed by atoms with van der Waals surface area (Å²) in [6.07, 6.45) is 9.43. The van der Waals surface area contributed by atoms with E-state index in [9.17, 15) is 4.79 Å². The van der Waals surface area contributed by atoms with E-state index >= 15 is 0 Å². The number of carbonyl (C=O) groups excluding carboxylic acids is 1. The molecule has 2 saturated carbocycles. The highest BCUT2D eigenvalue weighted by atomic mass is 16.1. The molecule has 0 bridgehead atoms. The van der Waals surface area contributed by atoms with Crippen LogP contribution in [0.5, 0.6) is 0 Å². The summed E-state index contributed by atoms with van der Waals surface area (Å²) in [5, 5.41) is 0. The maximum absolute atomic E-state index is 11.8. The molecule has 1 nitrogen and oxygen atoms in total. The smallest absolute Gasteiger partial charge is 0.156 e. The summed E-state index contributed by atoms with van der Waals surface area (Å²) in [5.74, 6) is 1.14. The molecule has 0 spiro atoms. The van der Waals surface area contributed by atoms with Gasteiger partial charge in [0.15, 0.2) is 5.78 Å². The van der Waals surface area contributed by atoms with Crippen LogP contribution in [0.25, 0.3) is 0 Å². The normalized spacial score (nSPS) is 48.8. The zero-order valence-electron chi connectivity index (χ0n) is 9.81. The Morgan fingerprint density at radius 3 is 2.93 bits per heavy atom. The van der Waals surface area contributed by atoms with Gasteiger partial charge >= 0.3 is 0 Å². The zero-order valence-corrected chi connectivity index (χ0v) is 9.81. The van der Waals surface area contributed by atoms with Crippen LogP contribution < -0.4 is 0 Å². The fourth-order valence-electron chi connectivity index (χ4n) is 4.99. The minimum absolute atomic E-state index is 0.364. The number of hydrogen-bond acceptors (Lipinski definition) is 1. The van der Waals surface area contributed by atoms with Crippen LogP contribution in [0.15, 0.2) is 11.6 Å². The first kappa shape index (κ1) is 9.62. The maximum Gasteiger partial charge on any atom is 0.156 e. The highest BCUT2D eigenvalue weighted by Gasteiger charge is 2.63. The predicted octanol–water partition coefficient (Wildman–Crippen LogP) is 3.49. The maximum atomic E-state index is 11.8. The molecule has 1 heteroatoms. The van der Waals surface area contributed by atoms with Crippen LogP contribution in [0.2, 0.25) is 0 Å². The molecule has 3 aliphatic rings. The lowest BCUT2D eigenvalue weighted by atomic mass is 9.57. The van der Waals surface area contributed by atoms with Gasteiger partial charge in [0.1, 0.15) is 0 Å². The molecule has 2 unspecified atom stereocenters. The molecule has 0 heterocycles. The topological polar surface area (TPSA) is 17.1 Å². The van der Waals surface area contributed by atoms with Crippen LogP contribution in [-0.4, -0.2) is 5.78 Å². The second kappa shape index (κ2) is 2.75. The van der Waals surface area contributed by atoms with Crippen LogP contribution >= 0.6 is 0 Å². The standard InChI is InChI=1S/C14H20O/c1-10-4-7-13-5-3-6-14(10,13)9-12(15)8-11(13)2/h8,10H,3-7,9H2,1-2H3/t10-,13?,14?/m0/s1. The molecule has 0 aromatic rings. The molecule has 0 aromatic carbocycles. The fourth-order valence-corrected chi connectivity index (χ4v) is 4.99. The van der Waals surface area contributed by atoms with Crippen LogP contribution in [0, 0.1) is 16.7 Å². The molecule has 0 aromatic heterocycles. The number of rotatable bonds is 0. The van der Waals surface area contributed by atoms with Crippen LogP contribution in [-0.2, 0) is 4.79 Å². The lowest BCUT2D eigenvalue weighted by molar-refractivity contribution is -0.120. The molecule has 0 radical (unpaired) electrons. The van der Waals surface area contributed by atoms with E-state index in [1.54, 1.807) is 0 Å². The van der Waals surface area contributed by atoms with Gasteiger partial charge in [-0.3, -0.25) is 4.79 Å². The Morgan fingerprint density at radius 1 is 1.33 bits per heavy atom. The Labute approximate surface area is 91.9 Å². The van der Waals surface area contributed by atoms with E-state index in [0.29, 0.717) is 16.6 Å². The molecule has 3 aliphatic carbocycles. The summed E-state index contributed by atoms with van der Waals surface area (Å²) in [6, 6.07) is 0. The zero-order chi connectivity index (χ0) is 10.7. The molecule has 0 amide bonds. The first-order valence-corrected chi connectivity index (χ1v) is 6.32. The predicted molar refractivity (Wildman–Crippen MR) is 60.5 cm³/mol. The van der Waals surface area contributed by atoms with Crippen molar-refractivity contribution in [2.75, 3.05) is 0 Å². The Morgan fingerprint density at radius 2 is 2.13 bits per heavy atom. The van der Waals surface area contributed by atoms with Gasteiger partial charge in [0, 0.05) is 6.42 Å². The largest absolute Gasteiger partial charge is 0.295 e. The van der Waals surface area contributed by atoms with Crippen molar-refractivity contribution in [3.05, 3.63) is 11.6 Å². The average molecular weight is 204 g/mol. The first-order valence-electron chi connectivity index (χ1n) is 6.32. The van der Waals surface area contributed by atoms with E-state index in [-0.39, 0.29) is 0 Å². The first-order chi connectivity index (χ1) is 7.11. The molecule has 15 heavy (non-hydrogen) atoms. The van der Waals surface area contributed by atoms with Crippen LogP contribution in [0.3, 0.4) is 0 Å². The third-order valence-electron chi connectivity index (χ3n) is 5.75. The van der Waals surface area contributed by atoms with Crippen molar-refractivity contribution in [3.8, 4) is 0 Å². The van der Waals surface area contributed by atoms with Gasteiger partial charge in [0.05, 0.1) is 0 Å². The second-order valence-corrected chi connectivity index (χ2v) is 6.00. The van der Waals surface area contributed by atoms with Crippen molar-refractivity contribution in [1.82, 2.24) is 0 Å². The van der Waals surface area contributed by atoms with E-state index in [4.69, 9.17) is 0 Å². The Balaban J connectivity index is 2.18. The van der Waals surface area contributed by atoms with E-state index < -0.39 is 0 Å². The summed E-state index contributed by atoms with van der Waals surface area (Å²) >= 11 is 0. The number of hydrogen-bond donors (Lipinski definition) is 0.